The van der Waals surface area contributed by atoms with Gasteiger partial charge in [0, 0.05) is 4.47 Å². The topological polar surface area (TPSA) is 46.5 Å². The van der Waals surface area contributed by atoms with Crippen molar-refractivity contribution in [2.75, 3.05) is 0 Å². The third-order valence-electron chi connectivity index (χ3n) is 2.24. The Bertz CT molecular complexity index is 582. The summed E-state index contributed by atoms with van der Waals surface area (Å²) in [7, 11) is 0. The molecule has 0 unspecified atom stereocenters. The molecule has 0 aliphatic rings. The molecule has 2 rings (SSSR count). The molecule has 0 aliphatic carbocycles. The number of halogens is 2. The van der Waals surface area contributed by atoms with Crippen molar-refractivity contribution < 1.29 is 19.0 Å². The van der Waals surface area contributed by atoms with Crippen molar-refractivity contribution in [2.24, 2.45) is 0 Å². The Morgan fingerprint density at radius 1 is 1.44 bits per heavy atom. The van der Waals surface area contributed by atoms with Crippen LogP contribution in [0.15, 0.2) is 34.1 Å². The van der Waals surface area contributed by atoms with E-state index in [0.717, 1.165) is 9.35 Å². The van der Waals surface area contributed by atoms with Crippen LogP contribution < -0.4 is 4.74 Å². The van der Waals surface area contributed by atoms with Crippen LogP contribution >= 0.6 is 27.3 Å². The standard InChI is InChI=1S/C12H8BrFO3S/c13-8-4-5-18-10(8)6-17-11-7(12(15)16)2-1-3-9(11)14/h1-5H,6H2,(H,15,16). The minimum atomic E-state index is -1.21. The van der Waals surface area contributed by atoms with Crippen molar-refractivity contribution in [3.8, 4) is 5.75 Å². The number of ether oxygens (including phenoxy) is 1. The van der Waals surface area contributed by atoms with Gasteiger partial charge in [0.2, 0.25) is 0 Å². The molecule has 0 aliphatic heterocycles. The highest BCUT2D eigenvalue weighted by Gasteiger charge is 2.16. The van der Waals surface area contributed by atoms with E-state index in [0.29, 0.717) is 0 Å². The molecule has 0 saturated heterocycles. The van der Waals surface area contributed by atoms with Gasteiger partial charge in [0.25, 0.3) is 0 Å². The first kappa shape index (κ1) is 13.0. The first-order valence-electron chi connectivity index (χ1n) is 4.96. The lowest BCUT2D eigenvalue weighted by molar-refractivity contribution is 0.0690. The maximum absolute atomic E-state index is 13.5. The zero-order valence-electron chi connectivity index (χ0n) is 9.02. The van der Waals surface area contributed by atoms with E-state index in [9.17, 15) is 9.18 Å². The van der Waals surface area contributed by atoms with Crippen LogP contribution in [-0.4, -0.2) is 11.1 Å². The van der Waals surface area contributed by atoms with Gasteiger partial charge in [-0.15, -0.1) is 11.3 Å². The Morgan fingerprint density at radius 3 is 2.83 bits per heavy atom. The molecule has 0 radical (unpaired) electrons. The average Bonchev–Trinajstić information content (AvgIpc) is 2.73. The van der Waals surface area contributed by atoms with Crippen LogP contribution in [-0.2, 0) is 6.61 Å². The summed E-state index contributed by atoms with van der Waals surface area (Å²) < 4.78 is 19.7. The average molecular weight is 331 g/mol. The molecule has 0 saturated carbocycles. The first-order chi connectivity index (χ1) is 8.59. The second-order valence-corrected chi connectivity index (χ2v) is 5.26. The summed E-state index contributed by atoms with van der Waals surface area (Å²) in [5, 5.41) is 10.8. The second kappa shape index (κ2) is 5.49. The molecule has 0 amide bonds. The van der Waals surface area contributed by atoms with E-state index in [1.807, 2.05) is 11.4 Å². The van der Waals surface area contributed by atoms with Gasteiger partial charge >= 0.3 is 5.97 Å². The molecular weight excluding hydrogens is 323 g/mol. The maximum atomic E-state index is 13.5. The van der Waals surface area contributed by atoms with E-state index < -0.39 is 11.8 Å². The fraction of sp³-hybridized carbons (Fsp3) is 0.0833. The zero-order valence-corrected chi connectivity index (χ0v) is 11.4. The molecule has 1 N–H and O–H groups in total. The molecule has 6 heteroatoms. The SMILES string of the molecule is O=C(O)c1cccc(F)c1OCc1sccc1Br. The van der Waals surface area contributed by atoms with Crippen molar-refractivity contribution >= 4 is 33.2 Å². The minimum Gasteiger partial charge on any atom is -0.484 e. The Hall–Kier alpha value is -1.40. The first-order valence-corrected chi connectivity index (χ1v) is 6.63. The fourth-order valence-electron chi connectivity index (χ4n) is 1.39. The number of hydrogen-bond donors (Lipinski definition) is 1. The lowest BCUT2D eigenvalue weighted by atomic mass is 10.2. The number of carboxylic acids is 1. The largest absolute Gasteiger partial charge is 0.484 e. The van der Waals surface area contributed by atoms with Crippen molar-refractivity contribution in [3.05, 3.63) is 50.4 Å². The molecule has 94 valence electrons. The van der Waals surface area contributed by atoms with Gasteiger partial charge in [0.15, 0.2) is 11.6 Å². The minimum absolute atomic E-state index is 0.124. The summed E-state index contributed by atoms with van der Waals surface area (Å²) in [5.41, 5.74) is -0.178. The van der Waals surface area contributed by atoms with E-state index in [4.69, 9.17) is 9.84 Å². The molecule has 1 heterocycles. The molecular formula is C12H8BrFO3S. The number of thiophene rings is 1. The highest BCUT2D eigenvalue weighted by atomic mass is 79.9. The van der Waals surface area contributed by atoms with Crippen LogP contribution in [0.3, 0.4) is 0 Å². The molecule has 18 heavy (non-hydrogen) atoms. The molecule has 0 spiro atoms. The van der Waals surface area contributed by atoms with Crippen molar-refractivity contribution in [3.63, 3.8) is 0 Å². The van der Waals surface area contributed by atoms with E-state index in [2.05, 4.69) is 15.9 Å². The van der Waals surface area contributed by atoms with E-state index in [1.54, 1.807) is 0 Å². The zero-order chi connectivity index (χ0) is 13.1. The molecule has 0 atom stereocenters. The summed E-state index contributed by atoms with van der Waals surface area (Å²) in [6.07, 6.45) is 0. The van der Waals surface area contributed by atoms with Crippen LogP contribution in [0.25, 0.3) is 0 Å². The van der Waals surface area contributed by atoms with Crippen LogP contribution in [0.1, 0.15) is 15.2 Å². The van der Waals surface area contributed by atoms with Gasteiger partial charge in [0.05, 0.1) is 4.88 Å². The van der Waals surface area contributed by atoms with Gasteiger partial charge in [-0.25, -0.2) is 9.18 Å². The van der Waals surface area contributed by atoms with E-state index in [-0.39, 0.29) is 17.9 Å². The number of rotatable bonds is 4. The monoisotopic (exact) mass is 330 g/mol. The Kier molecular flexibility index (Phi) is 3.98. The van der Waals surface area contributed by atoms with Gasteiger partial charge in [-0.2, -0.15) is 0 Å². The molecule has 1 aromatic carbocycles. The number of benzene rings is 1. The van der Waals surface area contributed by atoms with Crippen LogP contribution in [0.5, 0.6) is 5.75 Å². The Morgan fingerprint density at radius 2 is 2.22 bits per heavy atom. The predicted octanol–water partition coefficient (Wildman–Crippen LogP) is 3.93. The summed E-state index contributed by atoms with van der Waals surface area (Å²) in [4.78, 5) is 11.8. The summed E-state index contributed by atoms with van der Waals surface area (Å²) in [6, 6.07) is 5.67. The maximum Gasteiger partial charge on any atom is 0.339 e. The predicted molar refractivity (Wildman–Crippen MR) is 69.7 cm³/mol. The number of carboxylic acid groups (broad SMARTS) is 1. The number of para-hydroxylation sites is 1. The van der Waals surface area contributed by atoms with Gasteiger partial charge in [-0.1, -0.05) is 6.07 Å². The third-order valence-corrected chi connectivity index (χ3v) is 4.14. The third kappa shape index (κ3) is 2.70. The van der Waals surface area contributed by atoms with Crippen LogP contribution in [0, 0.1) is 5.82 Å². The summed E-state index contributed by atoms with van der Waals surface area (Å²) in [6.45, 7) is 0.124. The highest BCUT2D eigenvalue weighted by Crippen LogP contribution is 2.27. The molecule has 3 nitrogen and oxygen atoms in total. The molecule has 1 aromatic heterocycles. The lowest BCUT2D eigenvalue weighted by Gasteiger charge is -2.09. The number of hydrogen-bond acceptors (Lipinski definition) is 3. The molecule has 0 fully saturated rings. The molecule has 0 bridgehead atoms. The van der Waals surface area contributed by atoms with Gasteiger partial charge < -0.3 is 9.84 Å². The Labute approximate surface area is 115 Å². The number of carbonyl (C=O) groups is 1. The van der Waals surface area contributed by atoms with E-state index >= 15 is 0 Å². The second-order valence-electron chi connectivity index (χ2n) is 3.40. The summed E-state index contributed by atoms with van der Waals surface area (Å²) in [5.74, 6) is -2.12. The highest BCUT2D eigenvalue weighted by molar-refractivity contribution is 9.10. The fourth-order valence-corrected chi connectivity index (χ4v) is 2.77. The molecule has 2 aromatic rings. The van der Waals surface area contributed by atoms with Crippen LogP contribution in [0.2, 0.25) is 0 Å². The normalized spacial score (nSPS) is 10.3. The van der Waals surface area contributed by atoms with Gasteiger partial charge in [0.1, 0.15) is 12.2 Å². The van der Waals surface area contributed by atoms with Gasteiger partial charge in [-0.3, -0.25) is 0 Å². The quantitative estimate of drug-likeness (QED) is 0.923. The smallest absolute Gasteiger partial charge is 0.339 e. The lowest BCUT2D eigenvalue weighted by Crippen LogP contribution is -2.04. The van der Waals surface area contributed by atoms with Crippen molar-refractivity contribution in [1.82, 2.24) is 0 Å². The number of aromatic carboxylic acids is 1. The Balaban J connectivity index is 2.24. The van der Waals surface area contributed by atoms with Crippen molar-refractivity contribution in [1.29, 1.82) is 0 Å². The van der Waals surface area contributed by atoms with Crippen LogP contribution in [0.4, 0.5) is 4.39 Å². The van der Waals surface area contributed by atoms with Gasteiger partial charge in [-0.05, 0) is 39.5 Å². The van der Waals surface area contributed by atoms with E-state index in [1.165, 1.54) is 29.5 Å². The van der Waals surface area contributed by atoms with Crippen molar-refractivity contribution in [2.45, 2.75) is 6.61 Å². The summed E-state index contributed by atoms with van der Waals surface area (Å²) >= 11 is 4.77.